The Bertz CT molecular complexity index is 1070. The summed E-state index contributed by atoms with van der Waals surface area (Å²) in [6.45, 7) is 4.38. The predicted octanol–water partition coefficient (Wildman–Crippen LogP) is 6.16. The zero-order valence-corrected chi connectivity index (χ0v) is 16.0. The fourth-order valence-electron chi connectivity index (χ4n) is 2.89. The molecular weight excluding hydrogens is 359 g/mol. The summed E-state index contributed by atoms with van der Waals surface area (Å²) >= 11 is 3.55. The number of benzene rings is 2. The minimum atomic E-state index is -3.24. The Labute approximate surface area is 148 Å². The number of rotatable bonds is 5. The molecule has 2 aromatic heterocycles. The van der Waals surface area contributed by atoms with Crippen molar-refractivity contribution in [3.05, 3.63) is 42.5 Å². The Hall–Kier alpha value is -1.23. The quantitative estimate of drug-likeness (QED) is 0.391. The molecule has 2 aromatic carbocycles. The van der Waals surface area contributed by atoms with E-state index in [-0.39, 0.29) is 0 Å². The molecule has 0 aliphatic carbocycles. The molecule has 0 aliphatic heterocycles. The second-order valence-electron chi connectivity index (χ2n) is 5.37. The van der Waals surface area contributed by atoms with Crippen molar-refractivity contribution in [1.82, 2.24) is 0 Å². The summed E-state index contributed by atoms with van der Waals surface area (Å²) in [5.74, 6) is 0. The van der Waals surface area contributed by atoms with E-state index in [4.69, 9.17) is 9.05 Å². The van der Waals surface area contributed by atoms with Crippen LogP contribution in [0.5, 0.6) is 0 Å². The summed E-state index contributed by atoms with van der Waals surface area (Å²) in [6.07, 6.45) is 0. The van der Waals surface area contributed by atoms with Gasteiger partial charge in [0.2, 0.25) is 0 Å². The van der Waals surface area contributed by atoms with Crippen LogP contribution in [0.4, 0.5) is 0 Å². The van der Waals surface area contributed by atoms with Gasteiger partial charge in [0, 0.05) is 20.2 Å². The van der Waals surface area contributed by atoms with Crippen LogP contribution < -0.4 is 5.30 Å². The molecule has 0 fully saturated rings. The highest BCUT2D eigenvalue weighted by Gasteiger charge is 2.27. The molecule has 0 spiro atoms. The molecule has 2 heterocycles. The first-order valence-electron chi connectivity index (χ1n) is 7.89. The Morgan fingerprint density at radius 1 is 0.875 bits per heavy atom. The van der Waals surface area contributed by atoms with E-state index >= 15 is 0 Å². The summed E-state index contributed by atoms with van der Waals surface area (Å²) in [6, 6.07) is 14.4. The zero-order valence-electron chi connectivity index (χ0n) is 13.4. The first-order chi connectivity index (χ1) is 11.7. The number of fused-ring (bicyclic) bond motifs is 5. The second kappa shape index (κ2) is 6.25. The fraction of sp³-hybridized carbons (Fsp3) is 0.222. The van der Waals surface area contributed by atoms with E-state index < -0.39 is 7.60 Å². The molecule has 4 rings (SSSR count). The van der Waals surface area contributed by atoms with Gasteiger partial charge in [-0.3, -0.25) is 4.57 Å². The molecule has 24 heavy (non-hydrogen) atoms. The highest BCUT2D eigenvalue weighted by molar-refractivity contribution is 7.62. The smallest absolute Gasteiger partial charge is 0.305 e. The average molecular weight is 376 g/mol. The Kier molecular flexibility index (Phi) is 4.23. The van der Waals surface area contributed by atoms with Crippen LogP contribution in [0.1, 0.15) is 13.8 Å². The second-order valence-corrected chi connectivity index (χ2v) is 9.50. The summed E-state index contributed by atoms with van der Waals surface area (Å²) in [4.78, 5) is 0. The summed E-state index contributed by atoms with van der Waals surface area (Å²) in [5.41, 5.74) is 0. The van der Waals surface area contributed by atoms with E-state index in [2.05, 4.69) is 24.3 Å². The Balaban J connectivity index is 1.92. The van der Waals surface area contributed by atoms with Crippen LogP contribution in [0.3, 0.4) is 0 Å². The van der Waals surface area contributed by atoms with Gasteiger partial charge in [0.05, 0.1) is 27.9 Å². The molecule has 0 saturated heterocycles. The molecule has 0 atom stereocenters. The molecule has 6 heteroatoms. The van der Waals surface area contributed by atoms with Gasteiger partial charge in [0.1, 0.15) is 0 Å². The van der Waals surface area contributed by atoms with E-state index in [0.29, 0.717) is 18.5 Å². The fourth-order valence-corrected chi connectivity index (χ4v) is 7.27. The van der Waals surface area contributed by atoms with Crippen molar-refractivity contribution >= 4 is 65.1 Å². The first kappa shape index (κ1) is 16.2. The maximum absolute atomic E-state index is 13.0. The van der Waals surface area contributed by atoms with Gasteiger partial charge >= 0.3 is 7.60 Å². The Morgan fingerprint density at radius 3 is 2.21 bits per heavy atom. The van der Waals surface area contributed by atoms with Gasteiger partial charge in [0.25, 0.3) is 0 Å². The van der Waals surface area contributed by atoms with Crippen molar-refractivity contribution in [2.45, 2.75) is 13.8 Å². The molecule has 124 valence electrons. The summed E-state index contributed by atoms with van der Waals surface area (Å²) < 4.78 is 29.0. The summed E-state index contributed by atoms with van der Waals surface area (Å²) in [7, 11) is -3.24. The van der Waals surface area contributed by atoms with E-state index in [0.717, 1.165) is 4.70 Å². The Morgan fingerprint density at radius 2 is 1.50 bits per heavy atom. The van der Waals surface area contributed by atoms with Crippen LogP contribution in [0.25, 0.3) is 29.6 Å². The van der Waals surface area contributed by atoms with Gasteiger partial charge in [-0.05, 0) is 32.0 Å². The van der Waals surface area contributed by atoms with Crippen LogP contribution in [-0.4, -0.2) is 13.2 Å². The molecule has 0 amide bonds. The molecular formula is C18H17O3PS2. The first-order valence-corrected chi connectivity index (χ1v) is 11.1. The van der Waals surface area contributed by atoms with Gasteiger partial charge in [-0.1, -0.05) is 24.3 Å². The molecule has 0 radical (unpaired) electrons. The third kappa shape index (κ3) is 2.52. The van der Waals surface area contributed by atoms with E-state index in [1.165, 1.54) is 24.9 Å². The highest BCUT2D eigenvalue weighted by Crippen LogP contribution is 2.49. The van der Waals surface area contributed by atoms with Crippen molar-refractivity contribution < 1.29 is 13.6 Å². The molecule has 0 saturated carbocycles. The summed E-state index contributed by atoms with van der Waals surface area (Å²) in [5, 5.41) is 3.13. The lowest BCUT2D eigenvalue weighted by atomic mass is 10.2. The van der Waals surface area contributed by atoms with Gasteiger partial charge < -0.3 is 9.05 Å². The van der Waals surface area contributed by atoms with Crippen molar-refractivity contribution in [2.24, 2.45) is 0 Å². The van der Waals surface area contributed by atoms with E-state index in [9.17, 15) is 4.57 Å². The van der Waals surface area contributed by atoms with Crippen LogP contribution in [0.15, 0.2) is 42.5 Å². The molecule has 0 unspecified atom stereocenters. The third-order valence-corrected chi connectivity index (χ3v) is 8.51. The maximum Gasteiger partial charge on any atom is 0.361 e. The van der Waals surface area contributed by atoms with Crippen LogP contribution in [0, 0.1) is 0 Å². The maximum atomic E-state index is 13.0. The standard InChI is InChI=1S/C18H17O3PS2/c1-3-20-22(19,21-4-2)12-9-10-14-16(11-12)24-17-13-7-5-6-8-15(13)23-18(14)17/h5-11H,3-4H2,1-2H3. The van der Waals surface area contributed by atoms with Crippen molar-refractivity contribution in [2.75, 3.05) is 13.2 Å². The zero-order chi connectivity index (χ0) is 16.7. The lowest BCUT2D eigenvalue weighted by molar-refractivity contribution is 0.230. The largest absolute Gasteiger partial charge is 0.361 e. The highest BCUT2D eigenvalue weighted by atomic mass is 32.1. The van der Waals surface area contributed by atoms with Gasteiger partial charge in [-0.15, -0.1) is 22.7 Å². The van der Waals surface area contributed by atoms with Crippen molar-refractivity contribution in [3.63, 3.8) is 0 Å². The lowest BCUT2D eigenvalue weighted by Gasteiger charge is -2.17. The minimum absolute atomic E-state index is 0.361. The van der Waals surface area contributed by atoms with Crippen LogP contribution in [0.2, 0.25) is 0 Å². The predicted molar refractivity (Wildman–Crippen MR) is 105 cm³/mol. The van der Waals surface area contributed by atoms with Crippen molar-refractivity contribution in [1.29, 1.82) is 0 Å². The van der Waals surface area contributed by atoms with Gasteiger partial charge in [-0.2, -0.15) is 0 Å². The average Bonchev–Trinajstić information content (AvgIpc) is 3.10. The van der Waals surface area contributed by atoms with Crippen molar-refractivity contribution in [3.8, 4) is 0 Å². The van der Waals surface area contributed by atoms with Crippen LogP contribution >= 0.6 is 30.3 Å². The molecule has 0 N–H and O–H groups in total. The molecule has 3 nitrogen and oxygen atoms in total. The molecule has 0 aliphatic rings. The lowest BCUT2D eigenvalue weighted by Crippen LogP contribution is -2.10. The number of hydrogen-bond acceptors (Lipinski definition) is 5. The van der Waals surface area contributed by atoms with Gasteiger partial charge in [-0.25, -0.2) is 0 Å². The van der Waals surface area contributed by atoms with Gasteiger partial charge in [0.15, 0.2) is 0 Å². The normalized spacial score (nSPS) is 12.6. The monoisotopic (exact) mass is 376 g/mol. The molecule has 0 bridgehead atoms. The topological polar surface area (TPSA) is 35.5 Å². The van der Waals surface area contributed by atoms with E-state index in [1.807, 2.05) is 43.4 Å². The minimum Gasteiger partial charge on any atom is -0.305 e. The SMILES string of the molecule is CCOP(=O)(OCC)c1ccc2c(c1)sc1c3ccccc3sc21. The van der Waals surface area contributed by atoms with E-state index in [1.54, 1.807) is 11.3 Å². The molecule has 4 aromatic rings. The van der Waals surface area contributed by atoms with Crippen LogP contribution in [-0.2, 0) is 13.6 Å². The number of hydrogen-bond donors (Lipinski definition) is 0. The number of thiophene rings is 2. The third-order valence-electron chi connectivity index (χ3n) is 3.89.